The molecule has 1 heterocycles. The zero-order valence-electron chi connectivity index (χ0n) is 35.4. The van der Waals surface area contributed by atoms with Crippen LogP contribution in [0.4, 0.5) is 34.1 Å². The van der Waals surface area contributed by atoms with Crippen LogP contribution in [0.1, 0.15) is 0 Å². The van der Waals surface area contributed by atoms with Crippen molar-refractivity contribution < 1.29 is 0 Å². The lowest BCUT2D eigenvalue weighted by Gasteiger charge is -2.27. The summed E-state index contributed by atoms with van der Waals surface area (Å²) in [5.41, 5.74) is 10.2. The van der Waals surface area contributed by atoms with Gasteiger partial charge in [0.15, 0.2) is 0 Å². The first-order chi connectivity index (χ1) is 32.2. The van der Waals surface area contributed by atoms with Crippen LogP contribution in [0.3, 0.4) is 0 Å². The first-order valence-corrected chi connectivity index (χ1v) is 22.4. The first kappa shape index (κ1) is 35.9. The standard InChI is InChI=1S/C62H39N3/c1-3-15-48(16-4-1)63(53-35-44-25-21-40-11-9-12-41-22-26-45(36-53)61(44)59(40)41)50-29-31-51(32-30-50)65-57-20-8-7-19-55(57)56-39-52(33-34-58(56)65)64(49-17-5-2-6-18-49)54-37-46-27-23-42-13-10-14-43-24-28-47(38-54)62(46)60(42)43/h1-39H. The minimum atomic E-state index is 1.10. The largest absolute Gasteiger partial charge is 0.310 e. The van der Waals surface area contributed by atoms with Gasteiger partial charge in [-0.3, -0.25) is 0 Å². The van der Waals surface area contributed by atoms with Gasteiger partial charge in [-0.25, -0.2) is 0 Å². The lowest BCUT2D eigenvalue weighted by molar-refractivity contribution is 1.17. The maximum absolute atomic E-state index is 2.42. The van der Waals surface area contributed by atoms with Crippen molar-refractivity contribution in [2.24, 2.45) is 0 Å². The lowest BCUT2D eigenvalue weighted by Crippen LogP contribution is -2.10. The summed E-state index contributed by atoms with van der Waals surface area (Å²) in [4.78, 5) is 4.79. The summed E-state index contributed by atoms with van der Waals surface area (Å²) in [6, 6.07) is 87.1. The third-order valence-corrected chi connectivity index (χ3v) is 13.7. The van der Waals surface area contributed by atoms with Crippen LogP contribution in [-0.4, -0.2) is 4.57 Å². The van der Waals surface area contributed by atoms with Gasteiger partial charge in [-0.1, -0.05) is 140 Å². The zero-order valence-corrected chi connectivity index (χ0v) is 35.4. The van der Waals surface area contributed by atoms with Crippen molar-refractivity contribution in [3.63, 3.8) is 0 Å². The fourth-order valence-electron chi connectivity index (χ4n) is 10.9. The summed E-state index contributed by atoms with van der Waals surface area (Å²) in [6.07, 6.45) is 0. The Balaban J connectivity index is 0.901. The molecule has 0 fully saturated rings. The van der Waals surface area contributed by atoms with Crippen molar-refractivity contribution in [1.29, 1.82) is 0 Å². The number of hydrogen-bond acceptors (Lipinski definition) is 2. The quantitative estimate of drug-likeness (QED) is 0.148. The van der Waals surface area contributed by atoms with Gasteiger partial charge < -0.3 is 14.4 Å². The van der Waals surface area contributed by atoms with Gasteiger partial charge in [0, 0.05) is 50.6 Å². The second-order valence-electron chi connectivity index (χ2n) is 17.4. The zero-order chi connectivity index (χ0) is 42.6. The van der Waals surface area contributed by atoms with Crippen LogP contribution in [0.25, 0.3) is 92.1 Å². The Bertz CT molecular complexity index is 3990. The van der Waals surface area contributed by atoms with Gasteiger partial charge in [-0.15, -0.1) is 0 Å². The Morgan fingerprint density at radius 3 is 1.12 bits per heavy atom. The molecular weight excluding hydrogens is 787 g/mol. The molecule has 0 saturated heterocycles. The molecule has 0 bridgehead atoms. The maximum atomic E-state index is 2.42. The van der Waals surface area contributed by atoms with E-state index < -0.39 is 0 Å². The number of benzene rings is 13. The Kier molecular flexibility index (Phi) is 7.69. The molecule has 0 aliphatic heterocycles. The van der Waals surface area contributed by atoms with Gasteiger partial charge in [0.05, 0.1) is 11.0 Å². The van der Waals surface area contributed by atoms with Crippen molar-refractivity contribution in [2.75, 3.05) is 9.80 Å². The summed E-state index contributed by atoms with van der Waals surface area (Å²) in [7, 11) is 0. The van der Waals surface area contributed by atoms with E-state index in [1.54, 1.807) is 0 Å². The second kappa shape index (κ2) is 13.9. The van der Waals surface area contributed by atoms with Gasteiger partial charge in [0.2, 0.25) is 0 Å². The highest BCUT2D eigenvalue weighted by molar-refractivity contribution is 6.25. The molecule has 0 atom stereocenters. The fourth-order valence-corrected chi connectivity index (χ4v) is 10.9. The highest BCUT2D eigenvalue weighted by Crippen LogP contribution is 2.45. The number of anilines is 6. The summed E-state index contributed by atoms with van der Waals surface area (Å²) < 4.78 is 2.42. The molecule has 13 aromatic carbocycles. The molecule has 0 aliphatic rings. The molecule has 0 aliphatic carbocycles. The van der Waals surface area contributed by atoms with Gasteiger partial charge in [0.25, 0.3) is 0 Å². The van der Waals surface area contributed by atoms with Crippen LogP contribution in [-0.2, 0) is 0 Å². The molecule has 1 aromatic heterocycles. The van der Waals surface area contributed by atoms with Crippen LogP contribution in [0.5, 0.6) is 0 Å². The average Bonchev–Trinajstić information content (AvgIpc) is 3.69. The minimum absolute atomic E-state index is 1.10. The summed E-state index contributed by atoms with van der Waals surface area (Å²) in [6.45, 7) is 0. The van der Waals surface area contributed by atoms with Crippen LogP contribution < -0.4 is 9.80 Å². The number of hydrogen-bond donors (Lipinski definition) is 0. The van der Waals surface area contributed by atoms with Crippen molar-refractivity contribution in [3.8, 4) is 5.69 Å². The predicted octanol–water partition coefficient (Wildman–Crippen LogP) is 17.5. The Morgan fingerprint density at radius 1 is 0.231 bits per heavy atom. The SMILES string of the molecule is c1ccc(N(c2ccc(-n3c4ccccc4c4cc(N(c5ccccc5)c5cc6ccc7cccc8ccc(c5)c6c78)ccc43)cc2)c2cc3ccc4cccc5ccc(c2)c3c45)cc1. The monoisotopic (exact) mass is 825 g/mol. The normalized spacial score (nSPS) is 12.0. The molecule has 0 amide bonds. The van der Waals surface area contributed by atoms with E-state index in [0.29, 0.717) is 0 Å². The average molecular weight is 826 g/mol. The van der Waals surface area contributed by atoms with Crippen molar-refractivity contribution in [2.45, 2.75) is 0 Å². The van der Waals surface area contributed by atoms with Crippen LogP contribution in [0.15, 0.2) is 237 Å². The summed E-state index contributed by atoms with van der Waals surface area (Å²) >= 11 is 0. The molecule has 14 rings (SSSR count). The van der Waals surface area contributed by atoms with Crippen LogP contribution in [0, 0.1) is 0 Å². The maximum Gasteiger partial charge on any atom is 0.0542 e. The Hall–Kier alpha value is -8.66. The minimum Gasteiger partial charge on any atom is -0.310 e. The Labute approximate surface area is 375 Å². The first-order valence-electron chi connectivity index (χ1n) is 22.4. The number of para-hydroxylation sites is 3. The molecule has 0 radical (unpaired) electrons. The van der Waals surface area contributed by atoms with Crippen molar-refractivity contribution in [3.05, 3.63) is 237 Å². The Morgan fingerprint density at radius 2 is 0.615 bits per heavy atom. The van der Waals surface area contributed by atoms with Gasteiger partial charge in [0.1, 0.15) is 0 Å². The van der Waals surface area contributed by atoms with E-state index in [4.69, 9.17) is 0 Å². The molecule has 65 heavy (non-hydrogen) atoms. The summed E-state index contributed by atoms with van der Waals surface area (Å²) in [5, 5.41) is 17.8. The molecule has 302 valence electrons. The number of rotatable bonds is 7. The second-order valence-corrected chi connectivity index (χ2v) is 17.4. The van der Waals surface area contributed by atoms with E-state index in [1.807, 2.05) is 0 Å². The van der Waals surface area contributed by atoms with E-state index in [0.717, 1.165) is 45.3 Å². The van der Waals surface area contributed by atoms with Gasteiger partial charge in [-0.05, 0) is 162 Å². The van der Waals surface area contributed by atoms with Crippen LogP contribution in [0.2, 0.25) is 0 Å². The van der Waals surface area contributed by atoms with Crippen molar-refractivity contribution in [1.82, 2.24) is 4.57 Å². The molecular formula is C62H39N3. The van der Waals surface area contributed by atoms with E-state index in [-0.39, 0.29) is 0 Å². The molecule has 3 nitrogen and oxygen atoms in total. The van der Waals surface area contributed by atoms with Gasteiger partial charge in [-0.2, -0.15) is 0 Å². The number of fused-ring (bicyclic) bond motifs is 3. The van der Waals surface area contributed by atoms with E-state index in [9.17, 15) is 0 Å². The lowest BCUT2D eigenvalue weighted by atomic mass is 9.93. The third-order valence-electron chi connectivity index (χ3n) is 13.7. The fraction of sp³-hybridized carbons (Fsp3) is 0. The topological polar surface area (TPSA) is 11.4 Å². The third kappa shape index (κ3) is 5.49. The van der Waals surface area contributed by atoms with Gasteiger partial charge >= 0.3 is 0 Å². The smallest absolute Gasteiger partial charge is 0.0542 e. The van der Waals surface area contributed by atoms with Crippen LogP contribution >= 0.6 is 0 Å². The van der Waals surface area contributed by atoms with E-state index in [2.05, 4.69) is 251 Å². The molecule has 0 spiro atoms. The van der Waals surface area contributed by atoms with E-state index >= 15 is 0 Å². The molecule has 14 aromatic rings. The highest BCUT2D eigenvalue weighted by Gasteiger charge is 2.21. The molecule has 0 N–H and O–H groups in total. The molecule has 0 unspecified atom stereocenters. The molecule has 3 heteroatoms. The molecule has 0 saturated carbocycles. The highest BCUT2D eigenvalue weighted by atomic mass is 15.1. The number of aromatic nitrogens is 1. The number of nitrogens with zero attached hydrogens (tertiary/aromatic N) is 3. The predicted molar refractivity (Wildman–Crippen MR) is 278 cm³/mol. The summed E-state index contributed by atoms with van der Waals surface area (Å²) in [5.74, 6) is 0. The van der Waals surface area contributed by atoms with Crippen molar-refractivity contribution >= 4 is 121 Å². The van der Waals surface area contributed by atoms with E-state index in [1.165, 1.54) is 80.9 Å².